The quantitative estimate of drug-likeness (QED) is 0.122. The van der Waals surface area contributed by atoms with E-state index in [-0.39, 0.29) is 18.0 Å². The van der Waals surface area contributed by atoms with Gasteiger partial charge in [-0.05, 0) is 60.6 Å². The van der Waals surface area contributed by atoms with Crippen molar-refractivity contribution >= 4 is 11.6 Å². The molecule has 3 rings (SSSR count). The Kier molecular flexibility index (Phi) is 13.2. The molecule has 0 atom stereocenters. The molecular formula is C35H50O2. The summed E-state index contributed by atoms with van der Waals surface area (Å²) in [5.74, 6) is 1.60. The number of hydrogen-bond donors (Lipinski definition) is 0. The number of carbonyl (C=O) groups is 2. The Labute approximate surface area is 226 Å². The Hall–Kier alpha value is -2.22. The number of carbonyl (C=O) groups excluding carboxylic acids is 2. The standard InChI is InChI=1S/C35H50O2/c1-3-5-6-7-8-9-10-11-12-14-28-15-17-29(18-16-28)30-19-21-31(22-20-30)32-23-25-33(26-24-32)35(37)27-34(36)13-4-2/h19-26,28-29H,3-18,27H2,1-2H3. The second-order valence-electron chi connectivity index (χ2n) is 11.4. The van der Waals surface area contributed by atoms with Crippen molar-refractivity contribution in [2.75, 3.05) is 0 Å². The monoisotopic (exact) mass is 502 g/mol. The van der Waals surface area contributed by atoms with Gasteiger partial charge in [0, 0.05) is 12.0 Å². The van der Waals surface area contributed by atoms with Crippen LogP contribution in [0.25, 0.3) is 11.1 Å². The first-order valence-electron chi connectivity index (χ1n) is 15.4. The molecule has 1 fully saturated rings. The molecule has 0 unspecified atom stereocenters. The lowest BCUT2D eigenvalue weighted by molar-refractivity contribution is -0.118. The minimum Gasteiger partial charge on any atom is -0.299 e. The number of Topliss-reactive ketones (excluding diaryl/α,β-unsaturated/α-hetero) is 2. The summed E-state index contributed by atoms with van der Waals surface area (Å²) in [5.41, 5.74) is 4.41. The topological polar surface area (TPSA) is 34.1 Å². The molecule has 0 aromatic heterocycles. The third kappa shape index (κ3) is 10.2. The number of unbranched alkanes of at least 4 members (excludes halogenated alkanes) is 8. The predicted octanol–water partition coefficient (Wildman–Crippen LogP) is 10.5. The fourth-order valence-corrected chi connectivity index (χ4v) is 5.97. The van der Waals surface area contributed by atoms with Gasteiger partial charge in [0.05, 0.1) is 6.42 Å². The zero-order valence-electron chi connectivity index (χ0n) is 23.6. The molecule has 0 radical (unpaired) electrons. The van der Waals surface area contributed by atoms with Gasteiger partial charge in [-0.2, -0.15) is 0 Å². The van der Waals surface area contributed by atoms with E-state index in [9.17, 15) is 9.59 Å². The van der Waals surface area contributed by atoms with Crippen molar-refractivity contribution in [3.05, 3.63) is 59.7 Å². The average Bonchev–Trinajstić information content (AvgIpc) is 2.93. The second kappa shape index (κ2) is 16.6. The molecule has 0 bridgehead atoms. The van der Waals surface area contributed by atoms with Crippen molar-refractivity contribution in [2.45, 2.75) is 129 Å². The SMILES string of the molecule is CCCCCCCCCCCC1CCC(c2ccc(-c3ccc(C(=O)CC(=O)CCC)cc3)cc2)CC1. The van der Waals surface area contributed by atoms with Gasteiger partial charge in [0.25, 0.3) is 0 Å². The normalized spacial score (nSPS) is 17.6. The maximum absolute atomic E-state index is 12.3. The number of benzene rings is 2. The third-order valence-electron chi connectivity index (χ3n) is 8.37. The fraction of sp³-hybridized carbons (Fsp3) is 0.600. The van der Waals surface area contributed by atoms with E-state index in [2.05, 4.69) is 31.2 Å². The highest BCUT2D eigenvalue weighted by Crippen LogP contribution is 2.38. The molecule has 2 nitrogen and oxygen atoms in total. The lowest BCUT2D eigenvalue weighted by Crippen LogP contribution is -2.13. The Morgan fingerprint density at radius 3 is 1.76 bits per heavy atom. The molecule has 2 heteroatoms. The van der Waals surface area contributed by atoms with Gasteiger partial charge in [-0.25, -0.2) is 0 Å². The highest BCUT2D eigenvalue weighted by atomic mass is 16.1. The molecule has 0 heterocycles. The van der Waals surface area contributed by atoms with Gasteiger partial charge in [-0.3, -0.25) is 9.59 Å². The second-order valence-corrected chi connectivity index (χ2v) is 11.4. The first kappa shape index (κ1) is 29.3. The minimum atomic E-state index is -0.0752. The summed E-state index contributed by atoms with van der Waals surface area (Å²) in [4.78, 5) is 24.1. The van der Waals surface area contributed by atoms with Crippen LogP contribution in [0.1, 0.15) is 145 Å². The van der Waals surface area contributed by atoms with Crippen LogP contribution in [0.5, 0.6) is 0 Å². The largest absolute Gasteiger partial charge is 0.299 e. The lowest BCUT2D eigenvalue weighted by Gasteiger charge is -2.29. The van der Waals surface area contributed by atoms with E-state index >= 15 is 0 Å². The van der Waals surface area contributed by atoms with Crippen LogP contribution in [0.3, 0.4) is 0 Å². The summed E-state index contributed by atoms with van der Waals surface area (Å²) in [6.07, 6.45) is 21.0. The third-order valence-corrected chi connectivity index (χ3v) is 8.37. The zero-order chi connectivity index (χ0) is 26.3. The molecule has 202 valence electrons. The van der Waals surface area contributed by atoms with Crippen molar-refractivity contribution in [1.82, 2.24) is 0 Å². The molecule has 0 aliphatic heterocycles. The van der Waals surface area contributed by atoms with Crippen LogP contribution in [0, 0.1) is 5.92 Å². The molecular weight excluding hydrogens is 452 g/mol. The summed E-state index contributed by atoms with van der Waals surface area (Å²) in [6, 6.07) is 16.8. The molecule has 0 amide bonds. The minimum absolute atomic E-state index is 0.0172. The van der Waals surface area contributed by atoms with E-state index in [0.29, 0.717) is 17.9 Å². The van der Waals surface area contributed by atoms with E-state index in [1.54, 1.807) is 0 Å². The number of rotatable bonds is 17. The van der Waals surface area contributed by atoms with Crippen molar-refractivity contribution in [1.29, 1.82) is 0 Å². The van der Waals surface area contributed by atoms with Crippen LogP contribution in [0.15, 0.2) is 48.5 Å². The summed E-state index contributed by atoms with van der Waals surface area (Å²) in [5, 5.41) is 0. The predicted molar refractivity (Wildman–Crippen MR) is 157 cm³/mol. The van der Waals surface area contributed by atoms with Crippen LogP contribution < -0.4 is 0 Å². The van der Waals surface area contributed by atoms with Crippen molar-refractivity contribution in [3.63, 3.8) is 0 Å². The van der Waals surface area contributed by atoms with Crippen LogP contribution >= 0.6 is 0 Å². The Bertz CT molecular complexity index is 917. The van der Waals surface area contributed by atoms with Gasteiger partial charge in [-0.15, -0.1) is 0 Å². The van der Waals surface area contributed by atoms with Gasteiger partial charge in [-0.1, -0.05) is 127 Å². The average molecular weight is 503 g/mol. The molecule has 0 spiro atoms. The molecule has 0 saturated heterocycles. The van der Waals surface area contributed by atoms with Crippen molar-refractivity contribution in [3.8, 4) is 11.1 Å². The molecule has 37 heavy (non-hydrogen) atoms. The van der Waals surface area contributed by atoms with Crippen LogP contribution in [0.4, 0.5) is 0 Å². The molecule has 1 saturated carbocycles. The van der Waals surface area contributed by atoms with E-state index < -0.39 is 0 Å². The zero-order valence-corrected chi connectivity index (χ0v) is 23.6. The van der Waals surface area contributed by atoms with Gasteiger partial charge in [0.1, 0.15) is 5.78 Å². The number of ketones is 2. The fourth-order valence-electron chi connectivity index (χ4n) is 5.97. The van der Waals surface area contributed by atoms with Gasteiger partial charge in [0.15, 0.2) is 5.78 Å². The first-order valence-corrected chi connectivity index (χ1v) is 15.4. The van der Waals surface area contributed by atoms with Crippen molar-refractivity contribution < 1.29 is 9.59 Å². The van der Waals surface area contributed by atoms with Crippen LogP contribution in [-0.4, -0.2) is 11.6 Å². The van der Waals surface area contributed by atoms with Gasteiger partial charge in [0.2, 0.25) is 0 Å². The van der Waals surface area contributed by atoms with Crippen LogP contribution in [-0.2, 0) is 4.79 Å². The van der Waals surface area contributed by atoms with Crippen molar-refractivity contribution in [2.24, 2.45) is 5.92 Å². The van der Waals surface area contributed by atoms with Gasteiger partial charge >= 0.3 is 0 Å². The highest BCUT2D eigenvalue weighted by Gasteiger charge is 2.22. The first-order chi connectivity index (χ1) is 18.1. The van der Waals surface area contributed by atoms with E-state index in [4.69, 9.17) is 0 Å². The van der Waals surface area contributed by atoms with E-state index in [0.717, 1.165) is 17.9 Å². The summed E-state index contributed by atoms with van der Waals surface area (Å²) >= 11 is 0. The Morgan fingerprint density at radius 1 is 0.649 bits per heavy atom. The summed E-state index contributed by atoms with van der Waals surface area (Å²) in [7, 11) is 0. The maximum atomic E-state index is 12.3. The maximum Gasteiger partial charge on any atom is 0.170 e. The Morgan fingerprint density at radius 2 is 1.19 bits per heavy atom. The molecule has 2 aromatic rings. The smallest absolute Gasteiger partial charge is 0.170 e. The molecule has 0 N–H and O–H groups in total. The molecule has 1 aliphatic carbocycles. The van der Waals surface area contributed by atoms with Crippen LogP contribution in [0.2, 0.25) is 0 Å². The Balaban J connectivity index is 1.37. The summed E-state index contributed by atoms with van der Waals surface area (Å²) in [6.45, 7) is 4.25. The molecule has 1 aliphatic rings. The van der Waals surface area contributed by atoms with E-state index in [1.807, 2.05) is 31.2 Å². The number of hydrogen-bond acceptors (Lipinski definition) is 2. The van der Waals surface area contributed by atoms with E-state index in [1.165, 1.54) is 101 Å². The lowest BCUT2D eigenvalue weighted by atomic mass is 9.77. The molecule has 2 aromatic carbocycles. The van der Waals surface area contributed by atoms with Gasteiger partial charge < -0.3 is 0 Å². The highest BCUT2D eigenvalue weighted by molar-refractivity contribution is 6.08. The summed E-state index contributed by atoms with van der Waals surface area (Å²) < 4.78 is 0.